The lowest BCUT2D eigenvalue weighted by Gasteiger charge is -2.11. The number of imide groups is 1. The fourth-order valence-electron chi connectivity index (χ4n) is 1.77. The van der Waals surface area contributed by atoms with Crippen LogP contribution in [0.25, 0.3) is 6.08 Å². The number of carbonyl (C=O) groups excluding carboxylic acids is 2. The van der Waals surface area contributed by atoms with Crippen LogP contribution in [0.5, 0.6) is 11.5 Å². The molecule has 6 heteroatoms. The molecule has 2 rings (SSSR count). The minimum absolute atomic E-state index is 0.138. The van der Waals surface area contributed by atoms with Crippen LogP contribution in [0.15, 0.2) is 23.9 Å². The fraction of sp³-hybridized carbons (Fsp3) is 0.200. The highest BCUT2D eigenvalue weighted by molar-refractivity contribution is 6.13. The molecule has 0 unspecified atom stereocenters. The summed E-state index contributed by atoms with van der Waals surface area (Å²) in [5.41, 5.74) is 0.874. The lowest BCUT2D eigenvalue weighted by Crippen LogP contribution is -2.22. The summed E-state index contributed by atoms with van der Waals surface area (Å²) in [6, 6.07) is 4.60. The molecule has 1 aromatic rings. The summed E-state index contributed by atoms with van der Waals surface area (Å²) in [6.45, 7) is 2.45. The third-order valence-electron chi connectivity index (χ3n) is 2.61. The average molecular weight is 286 g/mol. The first-order chi connectivity index (χ1) is 10.1. The highest BCUT2D eigenvalue weighted by Crippen LogP contribution is 2.29. The van der Waals surface area contributed by atoms with Crippen LogP contribution in [-0.2, 0) is 4.79 Å². The van der Waals surface area contributed by atoms with E-state index in [0.717, 1.165) is 0 Å². The number of carbonyl (C=O) groups is 2. The number of benzene rings is 1. The van der Waals surface area contributed by atoms with Crippen molar-refractivity contribution in [1.82, 2.24) is 10.6 Å². The molecule has 0 bridgehead atoms. The molecular formula is C15H14N2O4. The van der Waals surface area contributed by atoms with Gasteiger partial charge in [0.1, 0.15) is 12.3 Å². The van der Waals surface area contributed by atoms with Gasteiger partial charge in [-0.2, -0.15) is 0 Å². The smallest absolute Gasteiger partial charge is 0.326 e. The van der Waals surface area contributed by atoms with Gasteiger partial charge in [-0.05, 0) is 30.7 Å². The highest BCUT2D eigenvalue weighted by atomic mass is 16.5. The largest absolute Gasteiger partial charge is 0.490 e. The molecule has 1 fully saturated rings. The third-order valence-corrected chi connectivity index (χ3v) is 2.61. The summed E-state index contributed by atoms with van der Waals surface area (Å²) < 4.78 is 10.8. The van der Waals surface area contributed by atoms with Crippen LogP contribution < -0.4 is 20.1 Å². The summed E-state index contributed by atoms with van der Waals surface area (Å²) in [4.78, 5) is 22.5. The van der Waals surface area contributed by atoms with Gasteiger partial charge in [-0.1, -0.05) is 12.0 Å². The third kappa shape index (κ3) is 3.54. The molecule has 0 saturated carbocycles. The normalized spacial score (nSPS) is 15.3. The second-order valence-corrected chi connectivity index (χ2v) is 4.10. The molecule has 0 atom stereocenters. The van der Waals surface area contributed by atoms with Gasteiger partial charge in [-0.3, -0.25) is 10.1 Å². The zero-order valence-corrected chi connectivity index (χ0v) is 11.4. The fourth-order valence-corrected chi connectivity index (χ4v) is 1.77. The molecular weight excluding hydrogens is 272 g/mol. The lowest BCUT2D eigenvalue weighted by atomic mass is 10.1. The number of urea groups is 1. The zero-order valence-electron chi connectivity index (χ0n) is 11.4. The quantitative estimate of drug-likeness (QED) is 0.485. The number of hydrogen-bond acceptors (Lipinski definition) is 4. The van der Waals surface area contributed by atoms with E-state index >= 15 is 0 Å². The Morgan fingerprint density at radius 3 is 2.67 bits per heavy atom. The molecule has 1 heterocycles. The molecule has 6 nitrogen and oxygen atoms in total. The Bertz CT molecular complexity index is 644. The first kappa shape index (κ1) is 14.5. The first-order valence-electron chi connectivity index (χ1n) is 6.31. The van der Waals surface area contributed by atoms with Crippen LogP contribution >= 0.6 is 0 Å². The molecule has 1 aromatic carbocycles. The maximum atomic E-state index is 11.5. The summed E-state index contributed by atoms with van der Waals surface area (Å²) in [5.74, 6) is 2.96. The number of ether oxygens (including phenoxy) is 2. The molecule has 3 amide bonds. The summed E-state index contributed by atoms with van der Waals surface area (Å²) >= 11 is 0. The molecule has 0 spiro atoms. The van der Waals surface area contributed by atoms with Gasteiger partial charge < -0.3 is 14.8 Å². The Morgan fingerprint density at radius 2 is 2.05 bits per heavy atom. The Kier molecular flexibility index (Phi) is 4.46. The number of terminal acetylenes is 1. The van der Waals surface area contributed by atoms with E-state index in [0.29, 0.717) is 23.7 Å². The minimum atomic E-state index is -0.537. The van der Waals surface area contributed by atoms with Crippen molar-refractivity contribution in [2.75, 3.05) is 13.2 Å². The molecule has 108 valence electrons. The lowest BCUT2D eigenvalue weighted by molar-refractivity contribution is -0.115. The topological polar surface area (TPSA) is 76.7 Å². The molecule has 1 aliphatic heterocycles. The van der Waals surface area contributed by atoms with Gasteiger partial charge in [0.05, 0.1) is 6.61 Å². The number of hydrogen-bond donors (Lipinski definition) is 2. The van der Waals surface area contributed by atoms with Gasteiger partial charge >= 0.3 is 6.03 Å². The van der Waals surface area contributed by atoms with Gasteiger partial charge in [-0.15, -0.1) is 6.42 Å². The molecule has 1 aliphatic rings. The van der Waals surface area contributed by atoms with Crippen molar-refractivity contribution in [3.63, 3.8) is 0 Å². The molecule has 1 saturated heterocycles. The first-order valence-corrected chi connectivity index (χ1v) is 6.31. The van der Waals surface area contributed by atoms with Crippen LogP contribution in [0.1, 0.15) is 12.5 Å². The second kappa shape index (κ2) is 6.48. The van der Waals surface area contributed by atoms with Crippen molar-refractivity contribution in [2.24, 2.45) is 0 Å². The van der Waals surface area contributed by atoms with Gasteiger partial charge in [0.25, 0.3) is 5.91 Å². The summed E-state index contributed by atoms with van der Waals surface area (Å²) in [5, 5.41) is 4.55. The van der Waals surface area contributed by atoms with E-state index < -0.39 is 11.9 Å². The van der Waals surface area contributed by atoms with Crippen LogP contribution in [0.3, 0.4) is 0 Å². The summed E-state index contributed by atoms with van der Waals surface area (Å²) in [7, 11) is 0. The van der Waals surface area contributed by atoms with Gasteiger partial charge in [-0.25, -0.2) is 4.79 Å². The van der Waals surface area contributed by atoms with Crippen LogP contribution in [0.4, 0.5) is 4.79 Å². The molecule has 2 N–H and O–H groups in total. The van der Waals surface area contributed by atoms with E-state index in [1.54, 1.807) is 24.3 Å². The molecule has 0 radical (unpaired) electrons. The van der Waals surface area contributed by atoms with E-state index in [2.05, 4.69) is 16.6 Å². The zero-order chi connectivity index (χ0) is 15.2. The average Bonchev–Trinajstić information content (AvgIpc) is 2.76. The predicted molar refractivity (Wildman–Crippen MR) is 76.6 cm³/mol. The van der Waals surface area contributed by atoms with Crippen LogP contribution in [-0.4, -0.2) is 25.2 Å². The van der Waals surface area contributed by atoms with Gasteiger partial charge in [0.15, 0.2) is 11.5 Å². The van der Waals surface area contributed by atoms with Crippen molar-refractivity contribution in [2.45, 2.75) is 6.92 Å². The van der Waals surface area contributed by atoms with E-state index in [4.69, 9.17) is 15.9 Å². The van der Waals surface area contributed by atoms with E-state index in [1.807, 2.05) is 6.92 Å². The minimum Gasteiger partial charge on any atom is -0.490 e. The van der Waals surface area contributed by atoms with Crippen LogP contribution in [0, 0.1) is 12.3 Å². The SMILES string of the molecule is C#CCOc1ccc(/C=C2/NC(=O)NC2=O)cc1OCC. The monoisotopic (exact) mass is 286 g/mol. The Balaban J connectivity index is 2.27. The number of nitrogens with one attached hydrogen (secondary N) is 2. The van der Waals surface area contributed by atoms with Crippen molar-refractivity contribution >= 4 is 18.0 Å². The highest BCUT2D eigenvalue weighted by Gasteiger charge is 2.22. The van der Waals surface area contributed by atoms with Crippen molar-refractivity contribution < 1.29 is 19.1 Å². The van der Waals surface area contributed by atoms with Gasteiger partial charge in [0, 0.05) is 0 Å². The molecule has 0 aliphatic carbocycles. The maximum Gasteiger partial charge on any atom is 0.326 e. The van der Waals surface area contributed by atoms with E-state index in [-0.39, 0.29) is 12.3 Å². The maximum absolute atomic E-state index is 11.5. The summed E-state index contributed by atoms with van der Waals surface area (Å²) in [6.07, 6.45) is 6.71. The number of amides is 3. The van der Waals surface area contributed by atoms with Gasteiger partial charge in [0.2, 0.25) is 0 Å². The van der Waals surface area contributed by atoms with Crippen molar-refractivity contribution in [3.05, 3.63) is 29.5 Å². The van der Waals surface area contributed by atoms with Crippen LogP contribution in [0.2, 0.25) is 0 Å². The predicted octanol–water partition coefficient (Wildman–Crippen LogP) is 1.28. The van der Waals surface area contributed by atoms with Crippen molar-refractivity contribution in [3.8, 4) is 23.8 Å². The van der Waals surface area contributed by atoms with E-state index in [1.165, 1.54) is 0 Å². The number of rotatable bonds is 5. The second-order valence-electron chi connectivity index (χ2n) is 4.10. The molecule has 0 aromatic heterocycles. The Hall–Kier alpha value is -2.94. The standard InChI is InChI=1S/C15H14N2O4/c1-3-7-21-12-6-5-10(9-13(12)20-4-2)8-11-14(18)17-15(19)16-11/h1,5-6,8-9H,4,7H2,2H3,(H2,16,17,18,19)/b11-8+. The van der Waals surface area contributed by atoms with E-state index in [9.17, 15) is 9.59 Å². The Labute approximate surface area is 122 Å². The Morgan fingerprint density at radius 1 is 1.24 bits per heavy atom. The molecule has 21 heavy (non-hydrogen) atoms. The van der Waals surface area contributed by atoms with Crippen molar-refractivity contribution in [1.29, 1.82) is 0 Å².